The Hall–Kier alpha value is -0.370. The quantitative estimate of drug-likeness (QED) is 0.679. The molecule has 66 valence electrons. The topological polar surface area (TPSA) is 37.3 Å². The average molecular weight is 158 g/mol. The summed E-state index contributed by atoms with van der Waals surface area (Å²) in [6.45, 7) is 7.66. The lowest BCUT2D eigenvalue weighted by Gasteiger charge is -2.21. The molecule has 0 spiro atoms. The van der Waals surface area contributed by atoms with Crippen LogP contribution >= 0.6 is 0 Å². The van der Waals surface area contributed by atoms with Gasteiger partial charge in [-0.1, -0.05) is 20.8 Å². The molecular formula is C9H18O2. The molecule has 0 aromatic heterocycles. The lowest BCUT2D eigenvalue weighted by molar-refractivity contribution is -0.119. The van der Waals surface area contributed by atoms with Gasteiger partial charge in [0.2, 0.25) is 0 Å². The zero-order valence-electron chi connectivity index (χ0n) is 7.85. The second-order valence-electron chi connectivity index (χ2n) is 4.32. The van der Waals surface area contributed by atoms with Gasteiger partial charge in [-0.15, -0.1) is 0 Å². The molecule has 0 aliphatic carbocycles. The fraction of sp³-hybridized carbons (Fsp3) is 0.889. The predicted molar refractivity (Wildman–Crippen MR) is 45.4 cm³/mol. The average Bonchev–Trinajstić information content (AvgIpc) is 1.53. The number of ketones is 1. The van der Waals surface area contributed by atoms with Crippen LogP contribution in [0, 0.1) is 5.41 Å². The Morgan fingerprint density at radius 1 is 1.45 bits per heavy atom. The first-order valence-electron chi connectivity index (χ1n) is 3.99. The maximum atomic E-state index is 10.6. The SMILES string of the molecule is CC(=O)C[C@@H](O)CC(C)(C)C. The Kier molecular flexibility index (Phi) is 3.73. The summed E-state index contributed by atoms with van der Waals surface area (Å²) < 4.78 is 0. The molecule has 2 heteroatoms. The predicted octanol–water partition coefficient (Wildman–Crippen LogP) is 1.76. The van der Waals surface area contributed by atoms with E-state index in [1.807, 2.05) is 0 Å². The van der Waals surface area contributed by atoms with E-state index in [1.165, 1.54) is 6.92 Å². The van der Waals surface area contributed by atoms with Gasteiger partial charge < -0.3 is 5.11 Å². The van der Waals surface area contributed by atoms with Crippen LogP contribution in [-0.4, -0.2) is 17.0 Å². The maximum Gasteiger partial charge on any atom is 0.132 e. The number of Topliss-reactive ketones (excluding diaryl/α,β-unsaturated/α-hetero) is 1. The summed E-state index contributed by atoms with van der Waals surface area (Å²) in [5, 5.41) is 9.33. The van der Waals surface area contributed by atoms with E-state index >= 15 is 0 Å². The number of aliphatic hydroxyl groups is 1. The summed E-state index contributed by atoms with van der Waals surface area (Å²) in [6, 6.07) is 0. The third-order valence-corrected chi connectivity index (χ3v) is 1.37. The minimum Gasteiger partial charge on any atom is -0.393 e. The van der Waals surface area contributed by atoms with Crippen molar-refractivity contribution in [2.24, 2.45) is 5.41 Å². The van der Waals surface area contributed by atoms with Crippen LogP contribution in [0.5, 0.6) is 0 Å². The molecule has 0 bridgehead atoms. The van der Waals surface area contributed by atoms with Crippen LogP contribution in [0.1, 0.15) is 40.5 Å². The van der Waals surface area contributed by atoms with E-state index in [9.17, 15) is 9.90 Å². The third-order valence-electron chi connectivity index (χ3n) is 1.37. The molecule has 0 saturated heterocycles. The highest BCUT2D eigenvalue weighted by atomic mass is 16.3. The molecule has 2 nitrogen and oxygen atoms in total. The van der Waals surface area contributed by atoms with Crippen LogP contribution in [-0.2, 0) is 4.79 Å². The monoisotopic (exact) mass is 158 g/mol. The second-order valence-corrected chi connectivity index (χ2v) is 4.32. The van der Waals surface area contributed by atoms with Crippen LogP contribution in [0.4, 0.5) is 0 Å². The minimum atomic E-state index is -0.465. The smallest absolute Gasteiger partial charge is 0.132 e. The van der Waals surface area contributed by atoms with E-state index in [2.05, 4.69) is 20.8 Å². The first kappa shape index (κ1) is 10.6. The van der Waals surface area contributed by atoms with Gasteiger partial charge >= 0.3 is 0 Å². The number of carbonyl (C=O) groups is 1. The molecule has 0 unspecified atom stereocenters. The van der Waals surface area contributed by atoms with Gasteiger partial charge in [0.15, 0.2) is 0 Å². The Morgan fingerprint density at radius 2 is 1.91 bits per heavy atom. The molecular weight excluding hydrogens is 140 g/mol. The van der Waals surface area contributed by atoms with Crippen LogP contribution in [0.15, 0.2) is 0 Å². The van der Waals surface area contributed by atoms with Crippen molar-refractivity contribution < 1.29 is 9.90 Å². The van der Waals surface area contributed by atoms with E-state index < -0.39 is 6.10 Å². The van der Waals surface area contributed by atoms with Gasteiger partial charge in [-0.2, -0.15) is 0 Å². The molecule has 1 atom stereocenters. The Labute approximate surface area is 68.6 Å². The van der Waals surface area contributed by atoms with Crippen molar-refractivity contribution in [3.8, 4) is 0 Å². The molecule has 0 aromatic rings. The molecule has 0 aliphatic rings. The summed E-state index contributed by atoms with van der Waals surface area (Å²) in [7, 11) is 0. The van der Waals surface area contributed by atoms with Crippen molar-refractivity contribution in [2.75, 3.05) is 0 Å². The first-order chi connectivity index (χ1) is 4.81. The van der Waals surface area contributed by atoms with E-state index in [0.717, 1.165) is 0 Å². The fourth-order valence-corrected chi connectivity index (χ4v) is 1.11. The van der Waals surface area contributed by atoms with Crippen molar-refractivity contribution in [3.05, 3.63) is 0 Å². The molecule has 11 heavy (non-hydrogen) atoms. The van der Waals surface area contributed by atoms with Crippen LogP contribution < -0.4 is 0 Å². The summed E-state index contributed by atoms with van der Waals surface area (Å²) in [4.78, 5) is 10.6. The largest absolute Gasteiger partial charge is 0.393 e. The molecule has 0 aliphatic heterocycles. The van der Waals surface area contributed by atoms with Crippen LogP contribution in [0.3, 0.4) is 0 Å². The molecule has 0 heterocycles. The maximum absolute atomic E-state index is 10.6. The Morgan fingerprint density at radius 3 is 2.18 bits per heavy atom. The molecule has 0 fully saturated rings. The lowest BCUT2D eigenvalue weighted by Crippen LogP contribution is -2.19. The number of hydrogen-bond acceptors (Lipinski definition) is 2. The van der Waals surface area contributed by atoms with Crippen molar-refractivity contribution >= 4 is 5.78 Å². The van der Waals surface area contributed by atoms with Crippen LogP contribution in [0.2, 0.25) is 0 Å². The molecule has 0 rings (SSSR count). The summed E-state index contributed by atoms with van der Waals surface area (Å²) in [5.41, 5.74) is 0.106. The highest BCUT2D eigenvalue weighted by molar-refractivity contribution is 5.75. The van der Waals surface area contributed by atoms with Gasteiger partial charge in [0.05, 0.1) is 6.10 Å². The highest BCUT2D eigenvalue weighted by Gasteiger charge is 2.17. The molecule has 0 amide bonds. The van der Waals surface area contributed by atoms with Crippen molar-refractivity contribution in [2.45, 2.75) is 46.6 Å². The number of aliphatic hydroxyl groups excluding tert-OH is 1. The van der Waals surface area contributed by atoms with Gasteiger partial charge in [0.25, 0.3) is 0 Å². The van der Waals surface area contributed by atoms with E-state index in [4.69, 9.17) is 0 Å². The zero-order valence-corrected chi connectivity index (χ0v) is 7.85. The van der Waals surface area contributed by atoms with Crippen molar-refractivity contribution in [3.63, 3.8) is 0 Å². The van der Waals surface area contributed by atoms with Crippen molar-refractivity contribution in [1.29, 1.82) is 0 Å². The van der Waals surface area contributed by atoms with Gasteiger partial charge in [-0.3, -0.25) is 4.79 Å². The lowest BCUT2D eigenvalue weighted by atomic mass is 9.88. The van der Waals surface area contributed by atoms with E-state index in [1.54, 1.807) is 0 Å². The van der Waals surface area contributed by atoms with E-state index in [0.29, 0.717) is 6.42 Å². The first-order valence-corrected chi connectivity index (χ1v) is 3.99. The summed E-state index contributed by atoms with van der Waals surface area (Å²) >= 11 is 0. The van der Waals surface area contributed by atoms with Gasteiger partial charge in [-0.05, 0) is 18.8 Å². The highest BCUT2D eigenvalue weighted by Crippen LogP contribution is 2.21. The molecule has 1 N–H and O–H groups in total. The summed E-state index contributed by atoms with van der Waals surface area (Å²) in [5.74, 6) is 0.0572. The summed E-state index contributed by atoms with van der Waals surface area (Å²) in [6.07, 6.45) is 0.511. The molecule has 0 aromatic carbocycles. The minimum absolute atomic E-state index is 0.0572. The van der Waals surface area contributed by atoms with Crippen LogP contribution in [0.25, 0.3) is 0 Å². The van der Waals surface area contributed by atoms with E-state index in [-0.39, 0.29) is 17.6 Å². The van der Waals surface area contributed by atoms with Gasteiger partial charge in [0, 0.05) is 6.42 Å². The number of hydrogen-bond donors (Lipinski definition) is 1. The molecule has 0 saturated carbocycles. The number of carbonyl (C=O) groups excluding carboxylic acids is 1. The second kappa shape index (κ2) is 3.86. The van der Waals surface area contributed by atoms with Gasteiger partial charge in [0.1, 0.15) is 5.78 Å². The zero-order chi connectivity index (χ0) is 9.07. The molecule has 0 radical (unpaired) electrons. The fourth-order valence-electron chi connectivity index (χ4n) is 1.11. The van der Waals surface area contributed by atoms with Crippen molar-refractivity contribution in [1.82, 2.24) is 0 Å². The van der Waals surface area contributed by atoms with Gasteiger partial charge in [-0.25, -0.2) is 0 Å². The third kappa shape index (κ3) is 7.53. The number of rotatable bonds is 3. The normalized spacial score (nSPS) is 14.6. The standard InChI is InChI=1S/C9H18O2/c1-7(10)5-8(11)6-9(2,3)4/h8,11H,5-6H2,1-4H3/t8-/m1/s1. The Bertz CT molecular complexity index is 133. The Balaban J connectivity index is 3.69.